The van der Waals surface area contributed by atoms with Crippen LogP contribution in [0.3, 0.4) is 0 Å². The fraction of sp³-hybridized carbons (Fsp3) is 0.667. The minimum absolute atomic E-state index is 0.107. The molecule has 0 saturated carbocycles. The number of carbonyl (C=O) groups is 1. The van der Waals surface area contributed by atoms with E-state index >= 15 is 0 Å². The zero-order valence-corrected chi connectivity index (χ0v) is 12.9. The standard InChI is InChI=1S/C15H22N4O3/c1-21-6-4-18-5-7-22-11-15(9-18)8-14(20)19(10-15)13-2-3-16-12-17-13/h2-3,12H,4-11H2,1H3/t15-/m0/s1. The van der Waals surface area contributed by atoms with Crippen molar-refractivity contribution < 1.29 is 14.3 Å². The first kappa shape index (κ1) is 15.3. The maximum Gasteiger partial charge on any atom is 0.228 e. The molecule has 2 fully saturated rings. The molecule has 1 aromatic heterocycles. The average molecular weight is 306 g/mol. The minimum Gasteiger partial charge on any atom is -0.383 e. The molecule has 3 rings (SSSR count). The third-order valence-corrected chi connectivity index (χ3v) is 4.29. The molecule has 2 saturated heterocycles. The van der Waals surface area contributed by atoms with E-state index in [0.29, 0.717) is 38.6 Å². The fourth-order valence-corrected chi connectivity index (χ4v) is 3.24. The van der Waals surface area contributed by atoms with E-state index in [1.165, 1.54) is 6.33 Å². The highest BCUT2D eigenvalue weighted by Crippen LogP contribution is 2.36. The molecule has 22 heavy (non-hydrogen) atoms. The second kappa shape index (κ2) is 6.68. The molecule has 7 heteroatoms. The minimum atomic E-state index is -0.160. The molecule has 0 bridgehead atoms. The van der Waals surface area contributed by atoms with Gasteiger partial charge in [0.2, 0.25) is 5.91 Å². The largest absolute Gasteiger partial charge is 0.383 e. The Morgan fingerprint density at radius 3 is 3.14 bits per heavy atom. The Morgan fingerprint density at radius 1 is 1.45 bits per heavy atom. The Hall–Kier alpha value is -1.57. The summed E-state index contributed by atoms with van der Waals surface area (Å²) in [6.07, 6.45) is 3.64. The van der Waals surface area contributed by atoms with E-state index in [2.05, 4.69) is 14.9 Å². The molecular weight excluding hydrogens is 284 g/mol. The number of amides is 1. The number of rotatable bonds is 4. The molecule has 7 nitrogen and oxygen atoms in total. The number of anilines is 1. The van der Waals surface area contributed by atoms with Gasteiger partial charge in [0.15, 0.2) is 0 Å². The van der Waals surface area contributed by atoms with Crippen molar-refractivity contribution in [3.8, 4) is 0 Å². The van der Waals surface area contributed by atoms with Crippen LogP contribution in [0.25, 0.3) is 0 Å². The van der Waals surface area contributed by atoms with Gasteiger partial charge in [-0.1, -0.05) is 0 Å². The Morgan fingerprint density at radius 2 is 2.36 bits per heavy atom. The van der Waals surface area contributed by atoms with Crippen molar-refractivity contribution in [3.05, 3.63) is 18.6 Å². The molecule has 0 aliphatic carbocycles. The summed E-state index contributed by atoms with van der Waals surface area (Å²) in [6, 6.07) is 1.77. The molecule has 1 amide bonds. The van der Waals surface area contributed by atoms with Gasteiger partial charge in [0.1, 0.15) is 12.1 Å². The summed E-state index contributed by atoms with van der Waals surface area (Å²) in [5, 5.41) is 0. The maximum absolute atomic E-state index is 12.4. The van der Waals surface area contributed by atoms with Gasteiger partial charge in [0.05, 0.1) is 19.8 Å². The van der Waals surface area contributed by atoms with Crippen molar-refractivity contribution in [2.75, 3.05) is 58.0 Å². The van der Waals surface area contributed by atoms with Crippen LogP contribution < -0.4 is 4.90 Å². The lowest BCUT2D eigenvalue weighted by molar-refractivity contribution is -0.118. The molecule has 1 aromatic rings. The Labute approximate surface area is 130 Å². The van der Waals surface area contributed by atoms with Crippen molar-refractivity contribution >= 4 is 11.7 Å². The molecule has 0 unspecified atom stereocenters. The van der Waals surface area contributed by atoms with E-state index < -0.39 is 0 Å². The van der Waals surface area contributed by atoms with Crippen LogP contribution in [0.1, 0.15) is 6.42 Å². The predicted molar refractivity (Wildman–Crippen MR) is 80.6 cm³/mol. The molecule has 2 aliphatic rings. The predicted octanol–water partition coefficient (Wildman–Crippen LogP) is 0.178. The SMILES string of the molecule is COCCN1CCOC[C@@]2(CC(=O)N(c3ccncn3)C2)C1. The summed E-state index contributed by atoms with van der Waals surface area (Å²) in [5.74, 6) is 0.778. The van der Waals surface area contributed by atoms with E-state index in [-0.39, 0.29) is 11.3 Å². The lowest BCUT2D eigenvalue weighted by Crippen LogP contribution is -2.42. The van der Waals surface area contributed by atoms with Crippen LogP contribution in [0.4, 0.5) is 5.82 Å². The van der Waals surface area contributed by atoms with E-state index in [1.54, 1.807) is 24.3 Å². The highest BCUT2D eigenvalue weighted by molar-refractivity contribution is 5.95. The van der Waals surface area contributed by atoms with Gasteiger partial charge in [-0.3, -0.25) is 14.6 Å². The van der Waals surface area contributed by atoms with E-state index in [0.717, 1.165) is 19.6 Å². The molecule has 0 radical (unpaired) electrons. The summed E-state index contributed by atoms with van der Waals surface area (Å²) < 4.78 is 11.0. The smallest absolute Gasteiger partial charge is 0.228 e. The van der Waals surface area contributed by atoms with Crippen LogP contribution >= 0.6 is 0 Å². The first-order chi connectivity index (χ1) is 10.7. The first-order valence-electron chi connectivity index (χ1n) is 7.58. The van der Waals surface area contributed by atoms with Gasteiger partial charge in [-0.25, -0.2) is 9.97 Å². The number of ether oxygens (including phenoxy) is 2. The van der Waals surface area contributed by atoms with Gasteiger partial charge >= 0.3 is 0 Å². The van der Waals surface area contributed by atoms with Gasteiger partial charge in [-0.15, -0.1) is 0 Å². The summed E-state index contributed by atoms with van der Waals surface area (Å²) in [4.78, 5) is 24.6. The third-order valence-electron chi connectivity index (χ3n) is 4.29. The van der Waals surface area contributed by atoms with Gasteiger partial charge < -0.3 is 9.47 Å². The second-order valence-electron chi connectivity index (χ2n) is 6.05. The van der Waals surface area contributed by atoms with Gasteiger partial charge in [-0.2, -0.15) is 0 Å². The Balaban J connectivity index is 1.74. The fourth-order valence-electron chi connectivity index (χ4n) is 3.24. The zero-order valence-electron chi connectivity index (χ0n) is 12.9. The van der Waals surface area contributed by atoms with Gasteiger partial charge in [0.25, 0.3) is 0 Å². The monoisotopic (exact) mass is 306 g/mol. The number of methoxy groups -OCH3 is 1. The van der Waals surface area contributed by atoms with Crippen LogP contribution in [-0.4, -0.2) is 73.9 Å². The summed E-state index contributed by atoms with van der Waals surface area (Å²) >= 11 is 0. The quantitative estimate of drug-likeness (QED) is 0.790. The zero-order chi connectivity index (χ0) is 15.4. The van der Waals surface area contributed by atoms with Crippen molar-refractivity contribution in [2.24, 2.45) is 5.41 Å². The molecule has 3 heterocycles. The maximum atomic E-state index is 12.4. The van der Waals surface area contributed by atoms with Crippen LogP contribution in [0.15, 0.2) is 18.6 Å². The van der Waals surface area contributed by atoms with Crippen LogP contribution in [0, 0.1) is 5.41 Å². The lowest BCUT2D eigenvalue weighted by Gasteiger charge is -2.30. The van der Waals surface area contributed by atoms with E-state index in [1.807, 2.05) is 0 Å². The topological polar surface area (TPSA) is 67.8 Å². The molecule has 0 aromatic carbocycles. The molecule has 1 spiro atoms. The van der Waals surface area contributed by atoms with Crippen molar-refractivity contribution in [1.29, 1.82) is 0 Å². The third kappa shape index (κ3) is 3.26. The summed E-state index contributed by atoms with van der Waals surface area (Å²) in [7, 11) is 1.71. The molecule has 0 N–H and O–H groups in total. The van der Waals surface area contributed by atoms with E-state index in [9.17, 15) is 4.79 Å². The highest BCUT2D eigenvalue weighted by Gasteiger charge is 2.46. The Bertz CT molecular complexity index is 513. The Kier molecular flexibility index (Phi) is 4.66. The number of aromatic nitrogens is 2. The number of hydrogen-bond acceptors (Lipinski definition) is 6. The lowest BCUT2D eigenvalue weighted by atomic mass is 9.87. The molecular formula is C15H22N4O3. The molecule has 2 aliphatic heterocycles. The normalized spacial score (nSPS) is 26.6. The van der Waals surface area contributed by atoms with Crippen LogP contribution in [-0.2, 0) is 14.3 Å². The first-order valence-corrected chi connectivity index (χ1v) is 7.58. The van der Waals surface area contributed by atoms with Crippen molar-refractivity contribution in [3.63, 3.8) is 0 Å². The van der Waals surface area contributed by atoms with Crippen molar-refractivity contribution in [2.45, 2.75) is 6.42 Å². The summed E-state index contributed by atoms with van der Waals surface area (Å²) in [6.45, 7) is 5.25. The van der Waals surface area contributed by atoms with Crippen LogP contribution in [0.5, 0.6) is 0 Å². The number of nitrogens with zero attached hydrogens (tertiary/aromatic N) is 4. The highest BCUT2D eigenvalue weighted by atomic mass is 16.5. The number of hydrogen-bond donors (Lipinski definition) is 0. The molecule has 1 atom stereocenters. The number of carbonyl (C=O) groups excluding carboxylic acids is 1. The van der Waals surface area contributed by atoms with Gasteiger partial charge in [0, 0.05) is 51.3 Å². The van der Waals surface area contributed by atoms with Gasteiger partial charge in [-0.05, 0) is 6.07 Å². The average Bonchev–Trinajstić information content (AvgIpc) is 2.73. The molecule has 120 valence electrons. The second-order valence-corrected chi connectivity index (χ2v) is 6.05. The van der Waals surface area contributed by atoms with Crippen LogP contribution in [0.2, 0.25) is 0 Å². The summed E-state index contributed by atoms with van der Waals surface area (Å²) in [5.41, 5.74) is -0.160. The van der Waals surface area contributed by atoms with Crippen molar-refractivity contribution in [1.82, 2.24) is 14.9 Å². The van der Waals surface area contributed by atoms with E-state index in [4.69, 9.17) is 9.47 Å².